The Morgan fingerprint density at radius 1 is 0.667 bits per heavy atom. The van der Waals surface area contributed by atoms with Crippen molar-refractivity contribution in [3.05, 3.63) is 0 Å². The third kappa shape index (κ3) is 6.51. The number of primary amides is 3. The highest BCUT2D eigenvalue weighted by Crippen LogP contribution is 2.08. The average Bonchev–Trinajstić information content (AvgIpc) is 2.40. The fraction of sp³-hybridized carbons (Fsp3) is 0.333. The van der Waals surface area contributed by atoms with Gasteiger partial charge < -0.3 is 33.2 Å². The van der Waals surface area contributed by atoms with Crippen molar-refractivity contribution in [3.8, 4) is 0 Å². The number of hydrogen-bond donors (Lipinski definition) is 6. The third-order valence-corrected chi connectivity index (χ3v) is 1.90. The SMILES string of the molecule is NC(=O)CNc1nc(NCC(N)=O)nc(NCC(N)=O)n1. The maximum absolute atomic E-state index is 10.7. The molecule has 1 rings (SSSR count). The molecule has 0 atom stereocenters. The van der Waals surface area contributed by atoms with Gasteiger partial charge in [0.05, 0.1) is 19.6 Å². The van der Waals surface area contributed by atoms with Crippen LogP contribution >= 0.6 is 0 Å². The van der Waals surface area contributed by atoms with Gasteiger partial charge in [-0.3, -0.25) is 14.4 Å². The number of carbonyl (C=O) groups excluding carboxylic acids is 3. The van der Waals surface area contributed by atoms with Gasteiger partial charge >= 0.3 is 0 Å². The van der Waals surface area contributed by atoms with Crippen molar-refractivity contribution in [3.63, 3.8) is 0 Å². The molecule has 0 unspecified atom stereocenters. The van der Waals surface area contributed by atoms with Gasteiger partial charge in [-0.05, 0) is 0 Å². The van der Waals surface area contributed by atoms with Gasteiger partial charge in [0.1, 0.15) is 0 Å². The van der Waals surface area contributed by atoms with Gasteiger partial charge in [-0.2, -0.15) is 15.0 Å². The Kier molecular flexibility index (Phi) is 5.61. The smallest absolute Gasteiger partial charge is 0.236 e. The van der Waals surface area contributed by atoms with Gasteiger partial charge in [0, 0.05) is 0 Å². The molecule has 0 spiro atoms. The molecule has 0 aliphatic heterocycles. The number of aromatic nitrogens is 3. The van der Waals surface area contributed by atoms with Crippen molar-refractivity contribution in [2.24, 2.45) is 17.2 Å². The third-order valence-electron chi connectivity index (χ3n) is 1.90. The van der Waals surface area contributed by atoms with Crippen molar-refractivity contribution < 1.29 is 14.4 Å². The summed E-state index contributed by atoms with van der Waals surface area (Å²) >= 11 is 0. The zero-order chi connectivity index (χ0) is 15.8. The van der Waals surface area contributed by atoms with Crippen LogP contribution in [0.4, 0.5) is 17.8 Å². The van der Waals surface area contributed by atoms with E-state index in [1.54, 1.807) is 0 Å². The molecular formula is C9H15N9O3. The lowest BCUT2D eigenvalue weighted by atomic mass is 10.6. The monoisotopic (exact) mass is 297 g/mol. The standard InChI is InChI=1S/C9H15N9O3/c10-4(19)1-13-7-16-8(14-2-5(11)20)18-9(17-7)15-3-6(12)21/h1-3H2,(H2,10,19)(H2,11,20)(H2,12,21)(H3,13,14,15,16,17,18). The molecule has 12 nitrogen and oxygen atoms in total. The summed E-state index contributed by atoms with van der Waals surface area (Å²) in [6, 6.07) is 0. The summed E-state index contributed by atoms with van der Waals surface area (Å²) in [6.45, 7) is -0.600. The van der Waals surface area contributed by atoms with Crippen LogP contribution in [-0.2, 0) is 14.4 Å². The Hall–Kier alpha value is -3.18. The maximum Gasteiger partial charge on any atom is 0.236 e. The molecule has 1 heterocycles. The molecule has 1 aromatic rings. The van der Waals surface area contributed by atoms with Crippen LogP contribution in [0.3, 0.4) is 0 Å². The molecule has 1 aromatic heterocycles. The van der Waals surface area contributed by atoms with Gasteiger partial charge in [0.2, 0.25) is 35.6 Å². The van der Waals surface area contributed by atoms with Crippen LogP contribution in [-0.4, -0.2) is 52.3 Å². The van der Waals surface area contributed by atoms with Crippen LogP contribution in [0.2, 0.25) is 0 Å². The molecule has 0 radical (unpaired) electrons. The highest BCUT2D eigenvalue weighted by molar-refractivity contribution is 5.79. The van der Waals surface area contributed by atoms with Gasteiger partial charge in [0.25, 0.3) is 0 Å². The van der Waals surface area contributed by atoms with Crippen molar-refractivity contribution in [1.82, 2.24) is 15.0 Å². The van der Waals surface area contributed by atoms with E-state index in [1.807, 2.05) is 0 Å². The Morgan fingerprint density at radius 2 is 0.905 bits per heavy atom. The number of nitrogens with one attached hydrogen (secondary N) is 3. The molecule has 0 saturated carbocycles. The lowest BCUT2D eigenvalue weighted by Gasteiger charge is -2.09. The first kappa shape index (κ1) is 15.9. The first-order valence-corrected chi connectivity index (χ1v) is 5.69. The first-order chi connectivity index (χ1) is 9.86. The second-order valence-electron chi connectivity index (χ2n) is 3.77. The number of hydrogen-bond acceptors (Lipinski definition) is 9. The number of anilines is 3. The predicted octanol–water partition coefficient (Wildman–Crippen LogP) is -3.44. The Morgan fingerprint density at radius 3 is 1.10 bits per heavy atom. The van der Waals surface area contributed by atoms with Gasteiger partial charge in [-0.15, -0.1) is 0 Å². The quantitative estimate of drug-likeness (QED) is 0.268. The maximum atomic E-state index is 10.7. The van der Waals surface area contributed by atoms with Gasteiger partial charge in [0.15, 0.2) is 0 Å². The van der Waals surface area contributed by atoms with Crippen LogP contribution in [0.1, 0.15) is 0 Å². The molecule has 114 valence electrons. The summed E-state index contributed by atoms with van der Waals surface area (Å²) in [5.74, 6) is -1.80. The normalized spacial score (nSPS) is 9.71. The lowest BCUT2D eigenvalue weighted by Crippen LogP contribution is -2.26. The fourth-order valence-electron chi connectivity index (χ4n) is 1.11. The molecule has 12 heteroatoms. The largest absolute Gasteiger partial charge is 0.368 e. The van der Waals surface area contributed by atoms with Crippen LogP contribution in [0.15, 0.2) is 0 Å². The minimum absolute atomic E-state index is 0.0164. The Bertz CT molecular complexity index is 459. The van der Waals surface area contributed by atoms with E-state index < -0.39 is 17.7 Å². The zero-order valence-electron chi connectivity index (χ0n) is 10.9. The van der Waals surface area contributed by atoms with E-state index in [4.69, 9.17) is 17.2 Å². The summed E-state index contributed by atoms with van der Waals surface area (Å²) in [7, 11) is 0. The van der Waals surface area contributed by atoms with E-state index >= 15 is 0 Å². The summed E-state index contributed by atoms with van der Waals surface area (Å²) in [5, 5.41) is 7.65. The van der Waals surface area contributed by atoms with Crippen molar-refractivity contribution in [2.45, 2.75) is 0 Å². The highest BCUT2D eigenvalue weighted by Gasteiger charge is 2.08. The summed E-state index contributed by atoms with van der Waals surface area (Å²) in [5.41, 5.74) is 15.0. The summed E-state index contributed by atoms with van der Waals surface area (Å²) in [6.07, 6.45) is 0. The van der Waals surface area contributed by atoms with Crippen LogP contribution in [0.25, 0.3) is 0 Å². The van der Waals surface area contributed by atoms with Crippen LogP contribution in [0.5, 0.6) is 0 Å². The second kappa shape index (κ2) is 7.42. The molecule has 3 amide bonds. The van der Waals surface area contributed by atoms with Crippen molar-refractivity contribution in [2.75, 3.05) is 35.6 Å². The van der Waals surface area contributed by atoms with Crippen molar-refractivity contribution >= 4 is 35.6 Å². The predicted molar refractivity (Wildman–Crippen MR) is 72.9 cm³/mol. The number of rotatable bonds is 9. The zero-order valence-corrected chi connectivity index (χ0v) is 10.9. The number of nitrogens with two attached hydrogens (primary N) is 3. The molecular weight excluding hydrogens is 282 g/mol. The fourth-order valence-corrected chi connectivity index (χ4v) is 1.11. The first-order valence-electron chi connectivity index (χ1n) is 5.69. The minimum Gasteiger partial charge on any atom is -0.368 e. The number of nitrogens with zero attached hydrogens (tertiary/aromatic N) is 3. The molecule has 0 fully saturated rings. The number of carbonyl (C=O) groups is 3. The van der Waals surface area contributed by atoms with Crippen LogP contribution < -0.4 is 33.2 Å². The molecule has 0 aromatic carbocycles. The van der Waals surface area contributed by atoms with Gasteiger partial charge in [-0.25, -0.2) is 0 Å². The van der Waals surface area contributed by atoms with Crippen molar-refractivity contribution in [1.29, 1.82) is 0 Å². The molecule has 0 bridgehead atoms. The average molecular weight is 297 g/mol. The minimum atomic E-state index is -0.617. The molecule has 0 aliphatic rings. The lowest BCUT2D eigenvalue weighted by molar-refractivity contribution is -0.117. The summed E-state index contributed by atoms with van der Waals surface area (Å²) < 4.78 is 0. The van der Waals surface area contributed by atoms with E-state index in [2.05, 4.69) is 30.9 Å². The van der Waals surface area contributed by atoms with E-state index in [-0.39, 0.29) is 37.5 Å². The topological polar surface area (TPSA) is 204 Å². The highest BCUT2D eigenvalue weighted by atomic mass is 16.2. The molecule has 0 aliphatic carbocycles. The number of amides is 3. The van der Waals surface area contributed by atoms with E-state index in [0.29, 0.717) is 0 Å². The molecule has 0 saturated heterocycles. The van der Waals surface area contributed by atoms with Gasteiger partial charge in [-0.1, -0.05) is 0 Å². The van der Waals surface area contributed by atoms with E-state index in [1.165, 1.54) is 0 Å². The summed E-state index contributed by atoms with van der Waals surface area (Å²) in [4.78, 5) is 43.8. The van der Waals surface area contributed by atoms with E-state index in [0.717, 1.165) is 0 Å². The molecule has 21 heavy (non-hydrogen) atoms. The Labute approximate surface area is 118 Å². The second-order valence-corrected chi connectivity index (χ2v) is 3.77. The van der Waals surface area contributed by atoms with E-state index in [9.17, 15) is 14.4 Å². The van der Waals surface area contributed by atoms with Crippen LogP contribution in [0, 0.1) is 0 Å². The molecule has 9 N–H and O–H groups in total. The Balaban J connectivity index is 2.86.